The fourth-order valence-corrected chi connectivity index (χ4v) is 2.70. The van der Waals surface area contributed by atoms with Gasteiger partial charge in [0.1, 0.15) is 17.5 Å². The summed E-state index contributed by atoms with van der Waals surface area (Å²) in [5.74, 6) is 2.73. The molecule has 5 heteroatoms. The fraction of sp³-hybridized carbons (Fsp3) is 0.692. The average molecular weight is 266 g/mol. The Bertz CT molecular complexity index is 429. The van der Waals surface area contributed by atoms with Crippen LogP contribution in [0, 0.1) is 13.8 Å². The second-order valence-corrected chi connectivity index (χ2v) is 6.14. The first kappa shape index (κ1) is 13.5. The van der Waals surface area contributed by atoms with Crippen LogP contribution in [0.15, 0.2) is 0 Å². The molecule has 0 radical (unpaired) electrons. The van der Waals surface area contributed by atoms with Crippen molar-refractivity contribution >= 4 is 23.4 Å². The summed E-state index contributed by atoms with van der Waals surface area (Å²) in [6.45, 7) is 7.96. The van der Waals surface area contributed by atoms with Crippen LogP contribution in [0.1, 0.15) is 31.2 Å². The van der Waals surface area contributed by atoms with E-state index in [1.54, 1.807) is 0 Å². The van der Waals surface area contributed by atoms with Crippen molar-refractivity contribution in [1.29, 1.82) is 0 Å². The number of anilines is 2. The van der Waals surface area contributed by atoms with Crippen LogP contribution in [0.3, 0.4) is 0 Å². The molecule has 0 amide bonds. The van der Waals surface area contributed by atoms with Gasteiger partial charge in [0.2, 0.25) is 0 Å². The molecule has 2 rings (SSSR count). The smallest absolute Gasteiger partial charge is 0.134 e. The van der Waals surface area contributed by atoms with E-state index in [0.717, 1.165) is 36.1 Å². The van der Waals surface area contributed by atoms with Crippen molar-refractivity contribution in [3.05, 3.63) is 11.4 Å². The minimum Gasteiger partial charge on any atom is -0.370 e. The molecule has 1 heterocycles. The van der Waals surface area contributed by atoms with Crippen LogP contribution in [-0.2, 0) is 0 Å². The van der Waals surface area contributed by atoms with Gasteiger partial charge >= 0.3 is 0 Å². The lowest BCUT2D eigenvalue weighted by Gasteiger charge is -2.17. The number of hydrogen-bond acceptors (Lipinski definition) is 5. The topological polar surface area (TPSA) is 49.8 Å². The first-order valence-corrected chi connectivity index (χ1v) is 7.71. The zero-order valence-electron chi connectivity index (χ0n) is 11.6. The van der Waals surface area contributed by atoms with Gasteiger partial charge in [0, 0.05) is 23.4 Å². The van der Waals surface area contributed by atoms with Crippen molar-refractivity contribution in [1.82, 2.24) is 9.97 Å². The van der Waals surface area contributed by atoms with Crippen LogP contribution in [0.2, 0.25) is 0 Å². The third kappa shape index (κ3) is 2.88. The number of hydrogen-bond donors (Lipinski definition) is 2. The van der Waals surface area contributed by atoms with Gasteiger partial charge in [-0.05, 0) is 39.9 Å². The monoisotopic (exact) mass is 266 g/mol. The summed E-state index contributed by atoms with van der Waals surface area (Å²) in [5.41, 5.74) is 1.11. The molecule has 1 aromatic rings. The van der Waals surface area contributed by atoms with Crippen molar-refractivity contribution in [2.45, 2.75) is 38.4 Å². The molecule has 0 saturated heterocycles. The third-order valence-corrected chi connectivity index (χ3v) is 4.84. The zero-order valence-corrected chi connectivity index (χ0v) is 12.4. The predicted octanol–water partition coefficient (Wildman–Crippen LogP) is 2.83. The zero-order chi connectivity index (χ0) is 13.2. The molecule has 100 valence electrons. The molecule has 18 heavy (non-hydrogen) atoms. The van der Waals surface area contributed by atoms with Gasteiger partial charge in [0.05, 0.1) is 0 Å². The highest BCUT2D eigenvalue weighted by atomic mass is 32.2. The highest BCUT2D eigenvalue weighted by Gasteiger charge is 2.41. The quantitative estimate of drug-likeness (QED) is 0.829. The van der Waals surface area contributed by atoms with E-state index in [1.165, 1.54) is 12.8 Å². The van der Waals surface area contributed by atoms with Gasteiger partial charge < -0.3 is 10.6 Å². The molecule has 0 aromatic carbocycles. The van der Waals surface area contributed by atoms with Gasteiger partial charge in [-0.15, -0.1) is 0 Å². The van der Waals surface area contributed by atoms with Gasteiger partial charge in [-0.1, -0.05) is 0 Å². The summed E-state index contributed by atoms with van der Waals surface area (Å²) in [5, 5.41) is 6.78. The van der Waals surface area contributed by atoms with E-state index < -0.39 is 0 Å². The summed E-state index contributed by atoms with van der Waals surface area (Å²) < 4.78 is 0.448. The highest BCUT2D eigenvalue weighted by Crippen LogP contribution is 2.47. The van der Waals surface area contributed by atoms with E-state index in [2.05, 4.69) is 40.7 Å². The van der Waals surface area contributed by atoms with Gasteiger partial charge in [-0.2, -0.15) is 11.8 Å². The Hall–Kier alpha value is -0.970. The molecule has 0 bridgehead atoms. The summed E-state index contributed by atoms with van der Waals surface area (Å²) in [7, 11) is 0. The van der Waals surface area contributed by atoms with Crippen molar-refractivity contribution in [3.8, 4) is 0 Å². The predicted molar refractivity (Wildman–Crippen MR) is 79.6 cm³/mol. The molecular formula is C13H22N4S. The molecule has 0 unspecified atom stereocenters. The van der Waals surface area contributed by atoms with E-state index in [0.29, 0.717) is 4.75 Å². The van der Waals surface area contributed by atoms with E-state index in [4.69, 9.17) is 0 Å². The molecule has 0 aliphatic heterocycles. The Morgan fingerprint density at radius 1 is 1.17 bits per heavy atom. The minimum absolute atomic E-state index is 0.448. The van der Waals surface area contributed by atoms with Crippen LogP contribution < -0.4 is 10.6 Å². The van der Waals surface area contributed by atoms with Crippen molar-refractivity contribution in [2.75, 3.05) is 30.0 Å². The molecule has 1 aliphatic rings. The number of aromatic nitrogens is 2. The SMILES string of the molecule is CCNc1nc(C)nc(NCC2(SC)CC2)c1C. The normalized spacial score (nSPS) is 16.4. The molecule has 2 N–H and O–H groups in total. The maximum atomic E-state index is 4.51. The second kappa shape index (κ2) is 5.34. The van der Waals surface area contributed by atoms with Gasteiger partial charge in [-0.3, -0.25) is 0 Å². The lowest BCUT2D eigenvalue weighted by Crippen LogP contribution is -2.19. The van der Waals surface area contributed by atoms with Crippen molar-refractivity contribution < 1.29 is 0 Å². The number of nitrogens with one attached hydrogen (secondary N) is 2. The first-order chi connectivity index (χ1) is 8.60. The molecule has 1 aliphatic carbocycles. The molecule has 1 aromatic heterocycles. The van der Waals surface area contributed by atoms with E-state index in [1.807, 2.05) is 18.7 Å². The van der Waals surface area contributed by atoms with E-state index >= 15 is 0 Å². The van der Waals surface area contributed by atoms with Crippen LogP contribution in [-0.4, -0.2) is 34.1 Å². The Kier molecular flexibility index (Phi) is 4.00. The lowest BCUT2D eigenvalue weighted by atomic mass is 10.3. The molecule has 0 atom stereocenters. The standard InChI is InChI=1S/C13H22N4S/c1-5-14-11-9(2)12(17-10(3)16-11)15-8-13(18-4)6-7-13/h5-8H2,1-4H3,(H2,14,15,16,17). The minimum atomic E-state index is 0.448. The number of nitrogens with zero attached hydrogens (tertiary/aromatic N) is 2. The molecule has 4 nitrogen and oxygen atoms in total. The van der Waals surface area contributed by atoms with Crippen LogP contribution >= 0.6 is 11.8 Å². The van der Waals surface area contributed by atoms with E-state index in [-0.39, 0.29) is 0 Å². The van der Waals surface area contributed by atoms with Crippen molar-refractivity contribution in [3.63, 3.8) is 0 Å². The van der Waals surface area contributed by atoms with E-state index in [9.17, 15) is 0 Å². The third-order valence-electron chi connectivity index (χ3n) is 3.42. The second-order valence-electron chi connectivity index (χ2n) is 4.86. The summed E-state index contributed by atoms with van der Waals surface area (Å²) >= 11 is 1.96. The summed E-state index contributed by atoms with van der Waals surface area (Å²) in [6, 6.07) is 0. The maximum absolute atomic E-state index is 4.51. The summed E-state index contributed by atoms with van der Waals surface area (Å²) in [6.07, 6.45) is 4.81. The molecule has 1 fully saturated rings. The lowest BCUT2D eigenvalue weighted by molar-refractivity contribution is 0.923. The number of thioether (sulfide) groups is 1. The maximum Gasteiger partial charge on any atom is 0.134 e. The highest BCUT2D eigenvalue weighted by molar-refractivity contribution is 8.00. The first-order valence-electron chi connectivity index (χ1n) is 6.48. The Labute approximate surface area is 113 Å². The van der Waals surface area contributed by atoms with Crippen LogP contribution in [0.5, 0.6) is 0 Å². The van der Waals surface area contributed by atoms with Crippen LogP contribution in [0.25, 0.3) is 0 Å². The fourth-order valence-electron chi connectivity index (χ4n) is 1.98. The number of rotatable bonds is 6. The molecular weight excluding hydrogens is 244 g/mol. The molecule has 1 saturated carbocycles. The Morgan fingerprint density at radius 3 is 2.28 bits per heavy atom. The Morgan fingerprint density at radius 2 is 1.78 bits per heavy atom. The van der Waals surface area contributed by atoms with Crippen molar-refractivity contribution in [2.24, 2.45) is 0 Å². The van der Waals surface area contributed by atoms with Crippen LogP contribution in [0.4, 0.5) is 11.6 Å². The van der Waals surface area contributed by atoms with Gasteiger partial charge in [-0.25, -0.2) is 9.97 Å². The van der Waals surface area contributed by atoms with Gasteiger partial charge in [0.25, 0.3) is 0 Å². The average Bonchev–Trinajstić information content (AvgIpc) is 3.12. The largest absolute Gasteiger partial charge is 0.370 e. The molecule has 0 spiro atoms. The van der Waals surface area contributed by atoms with Gasteiger partial charge in [0.15, 0.2) is 0 Å². The number of aryl methyl sites for hydroxylation is 1. The Balaban J connectivity index is 2.11. The summed E-state index contributed by atoms with van der Waals surface area (Å²) in [4.78, 5) is 8.95.